The fourth-order valence-corrected chi connectivity index (χ4v) is 1.98. The summed E-state index contributed by atoms with van der Waals surface area (Å²) < 4.78 is 5.19. The van der Waals surface area contributed by atoms with E-state index >= 15 is 0 Å². The topological polar surface area (TPSA) is 107 Å². The van der Waals surface area contributed by atoms with Gasteiger partial charge in [0.25, 0.3) is 0 Å². The number of carboxylic acid groups (broad SMARTS) is 1. The van der Waals surface area contributed by atoms with Crippen LogP contribution in [-0.2, 0) is 14.3 Å². The van der Waals surface area contributed by atoms with E-state index in [-0.39, 0.29) is 6.61 Å². The summed E-state index contributed by atoms with van der Waals surface area (Å²) >= 11 is 0. The van der Waals surface area contributed by atoms with Crippen molar-refractivity contribution in [1.82, 2.24) is 9.80 Å². The highest BCUT2D eigenvalue weighted by Crippen LogP contribution is 2.15. The molecule has 0 bridgehead atoms. The van der Waals surface area contributed by atoms with Gasteiger partial charge in [0.15, 0.2) is 0 Å². The van der Waals surface area contributed by atoms with Crippen LogP contribution in [0.25, 0.3) is 0 Å². The molecule has 8 heteroatoms. The molecule has 0 aliphatic carbocycles. The second kappa shape index (κ2) is 8.14. The number of ether oxygens (including phenoxy) is 1. The minimum atomic E-state index is -1.21. The minimum Gasteiger partial charge on any atom is -0.480 e. The molecule has 0 aliphatic heterocycles. The first-order valence-electron chi connectivity index (χ1n) is 7.39. The first-order valence-corrected chi connectivity index (χ1v) is 7.39. The van der Waals surface area contributed by atoms with Gasteiger partial charge in [-0.05, 0) is 27.7 Å². The van der Waals surface area contributed by atoms with E-state index in [1.807, 2.05) is 0 Å². The quantitative estimate of drug-likeness (QED) is 0.744. The smallest absolute Gasteiger partial charge is 0.410 e. The molecule has 0 rings (SSSR count). The first kappa shape index (κ1) is 21.2. The van der Waals surface area contributed by atoms with Crippen LogP contribution in [0.4, 0.5) is 4.79 Å². The Morgan fingerprint density at radius 3 is 1.91 bits per heavy atom. The Balaban J connectivity index is 5.12. The first-order chi connectivity index (χ1) is 10.3. The zero-order valence-corrected chi connectivity index (χ0v) is 14.9. The summed E-state index contributed by atoms with van der Waals surface area (Å²) in [5.74, 6) is -2.40. The molecule has 8 nitrogen and oxygen atoms in total. The molecule has 0 radical (unpaired) electrons. The lowest BCUT2D eigenvalue weighted by atomic mass is 10.0. The zero-order chi connectivity index (χ0) is 18.5. The molecule has 0 spiro atoms. The van der Waals surface area contributed by atoms with Crippen LogP contribution < -0.4 is 0 Å². The average Bonchev–Trinajstić information content (AvgIpc) is 2.42. The highest BCUT2D eigenvalue weighted by molar-refractivity contribution is 5.89. The van der Waals surface area contributed by atoms with Crippen LogP contribution in [0.3, 0.4) is 0 Å². The molecule has 3 atom stereocenters. The van der Waals surface area contributed by atoms with Gasteiger partial charge in [0, 0.05) is 26.6 Å². The second-order valence-electron chi connectivity index (χ2n) is 6.66. The Morgan fingerprint density at radius 1 is 1.09 bits per heavy atom. The van der Waals surface area contributed by atoms with Crippen LogP contribution in [0.1, 0.15) is 34.6 Å². The maximum Gasteiger partial charge on any atom is 0.410 e. The Kier molecular flexibility index (Phi) is 7.50. The molecule has 0 aromatic heterocycles. The molecule has 23 heavy (non-hydrogen) atoms. The van der Waals surface area contributed by atoms with Crippen molar-refractivity contribution in [2.24, 2.45) is 5.92 Å². The van der Waals surface area contributed by atoms with E-state index in [9.17, 15) is 19.5 Å². The number of rotatable bonds is 6. The molecule has 134 valence electrons. The third-order valence-electron chi connectivity index (χ3n) is 3.46. The van der Waals surface area contributed by atoms with Gasteiger partial charge in [-0.2, -0.15) is 0 Å². The van der Waals surface area contributed by atoms with Crippen molar-refractivity contribution in [1.29, 1.82) is 0 Å². The van der Waals surface area contributed by atoms with Crippen molar-refractivity contribution in [3.63, 3.8) is 0 Å². The molecule has 0 saturated carbocycles. The number of carbonyl (C=O) groups excluding carboxylic acids is 2. The SMILES string of the molecule is CC(C(=O)N(C)[C@H](C(=O)O)[C@H](C)CO)N(C)C(=O)OC(C)(C)C. The number of aliphatic carboxylic acids is 1. The van der Waals surface area contributed by atoms with E-state index in [2.05, 4.69) is 0 Å². The van der Waals surface area contributed by atoms with Crippen molar-refractivity contribution in [3.05, 3.63) is 0 Å². The summed E-state index contributed by atoms with van der Waals surface area (Å²) in [6, 6.07) is -2.08. The summed E-state index contributed by atoms with van der Waals surface area (Å²) in [6.45, 7) is 7.78. The van der Waals surface area contributed by atoms with Crippen LogP contribution in [0, 0.1) is 5.92 Å². The molecule has 0 aliphatic rings. The molecular formula is C15H28N2O6. The fourth-order valence-electron chi connectivity index (χ4n) is 1.98. The van der Waals surface area contributed by atoms with Gasteiger partial charge in [0.2, 0.25) is 5.91 Å². The normalized spacial score (nSPS) is 15.3. The number of amides is 2. The summed E-state index contributed by atoms with van der Waals surface area (Å²) in [5.41, 5.74) is -0.699. The Bertz CT molecular complexity index is 446. The van der Waals surface area contributed by atoms with Crippen molar-refractivity contribution in [2.45, 2.75) is 52.3 Å². The molecule has 0 heterocycles. The summed E-state index contributed by atoms with van der Waals surface area (Å²) in [7, 11) is 2.75. The predicted molar refractivity (Wildman–Crippen MR) is 83.9 cm³/mol. The monoisotopic (exact) mass is 332 g/mol. The van der Waals surface area contributed by atoms with Gasteiger partial charge in [0.05, 0.1) is 0 Å². The summed E-state index contributed by atoms with van der Waals surface area (Å²) in [6.07, 6.45) is -0.672. The van der Waals surface area contributed by atoms with Crippen molar-refractivity contribution < 1.29 is 29.3 Å². The van der Waals surface area contributed by atoms with E-state index in [1.54, 1.807) is 20.8 Å². The molecule has 0 fully saturated rings. The van der Waals surface area contributed by atoms with Gasteiger partial charge >= 0.3 is 12.1 Å². The molecule has 2 amide bonds. The number of aliphatic hydroxyl groups excluding tert-OH is 1. The summed E-state index contributed by atoms with van der Waals surface area (Å²) in [4.78, 5) is 38.0. The van der Waals surface area contributed by atoms with Crippen molar-refractivity contribution in [2.75, 3.05) is 20.7 Å². The number of carbonyl (C=O) groups is 3. The number of likely N-dealkylation sites (N-methyl/N-ethyl adjacent to an activating group) is 2. The Labute approximate surface area is 137 Å². The standard InChI is InChI=1S/C15H28N2O6/c1-9(8-18)11(13(20)21)17(7)12(19)10(2)16(6)14(22)23-15(3,4)5/h9-11,18H,8H2,1-7H3,(H,20,21)/t9-,10?,11+/m1/s1. The Hall–Kier alpha value is -1.83. The summed E-state index contributed by atoms with van der Waals surface area (Å²) in [5, 5.41) is 18.4. The van der Waals surface area contributed by atoms with Gasteiger partial charge < -0.3 is 19.8 Å². The number of aliphatic hydroxyl groups is 1. The fraction of sp³-hybridized carbons (Fsp3) is 0.800. The Morgan fingerprint density at radius 2 is 1.57 bits per heavy atom. The van der Waals surface area contributed by atoms with Crippen LogP contribution in [0.5, 0.6) is 0 Å². The van der Waals surface area contributed by atoms with E-state index in [1.165, 1.54) is 27.9 Å². The minimum absolute atomic E-state index is 0.370. The van der Waals surface area contributed by atoms with Crippen molar-refractivity contribution in [3.8, 4) is 0 Å². The van der Waals surface area contributed by atoms with Crippen LogP contribution in [0.2, 0.25) is 0 Å². The van der Waals surface area contributed by atoms with Gasteiger partial charge in [-0.15, -0.1) is 0 Å². The van der Waals surface area contributed by atoms with E-state index in [4.69, 9.17) is 9.84 Å². The lowest BCUT2D eigenvalue weighted by Crippen LogP contribution is -2.54. The molecule has 1 unspecified atom stereocenters. The highest BCUT2D eigenvalue weighted by atomic mass is 16.6. The molecular weight excluding hydrogens is 304 g/mol. The largest absolute Gasteiger partial charge is 0.480 e. The number of hydrogen-bond donors (Lipinski definition) is 2. The maximum absolute atomic E-state index is 12.5. The number of nitrogens with zero attached hydrogens (tertiary/aromatic N) is 2. The zero-order valence-electron chi connectivity index (χ0n) is 14.9. The van der Waals surface area contributed by atoms with Gasteiger partial charge in [-0.3, -0.25) is 9.69 Å². The van der Waals surface area contributed by atoms with Crippen LogP contribution >= 0.6 is 0 Å². The lowest BCUT2D eigenvalue weighted by Gasteiger charge is -2.34. The predicted octanol–water partition coefficient (Wildman–Crippen LogP) is 0.782. The lowest BCUT2D eigenvalue weighted by molar-refractivity contribution is -0.153. The molecule has 0 saturated heterocycles. The highest BCUT2D eigenvalue weighted by Gasteiger charge is 2.36. The number of carboxylic acids is 1. The van der Waals surface area contributed by atoms with E-state index in [0.717, 1.165) is 9.80 Å². The van der Waals surface area contributed by atoms with E-state index in [0.29, 0.717) is 0 Å². The van der Waals surface area contributed by atoms with Gasteiger partial charge in [-0.1, -0.05) is 6.92 Å². The molecule has 0 aromatic carbocycles. The van der Waals surface area contributed by atoms with Crippen LogP contribution in [-0.4, -0.2) is 76.4 Å². The third kappa shape index (κ3) is 6.05. The number of hydrogen-bond acceptors (Lipinski definition) is 5. The van der Waals surface area contributed by atoms with E-state index < -0.39 is 41.6 Å². The van der Waals surface area contributed by atoms with Crippen LogP contribution in [0.15, 0.2) is 0 Å². The second-order valence-corrected chi connectivity index (χ2v) is 6.66. The molecule has 2 N–H and O–H groups in total. The third-order valence-corrected chi connectivity index (χ3v) is 3.46. The molecule has 0 aromatic rings. The van der Waals surface area contributed by atoms with Gasteiger partial charge in [-0.25, -0.2) is 9.59 Å². The average molecular weight is 332 g/mol. The van der Waals surface area contributed by atoms with Crippen molar-refractivity contribution >= 4 is 18.0 Å². The van der Waals surface area contributed by atoms with Gasteiger partial charge in [0.1, 0.15) is 17.7 Å². The maximum atomic E-state index is 12.5.